The molecule has 0 amide bonds. The van der Waals surface area contributed by atoms with Crippen LogP contribution in [0, 0.1) is 0 Å². The topological polar surface area (TPSA) is 65.2 Å². The van der Waals surface area contributed by atoms with Gasteiger partial charge in [0.25, 0.3) is 0 Å². The molecule has 0 bridgehead atoms. The van der Waals surface area contributed by atoms with E-state index in [4.69, 9.17) is 10.5 Å². The summed E-state index contributed by atoms with van der Waals surface area (Å²) in [5.74, 6) is -0.346. The summed E-state index contributed by atoms with van der Waals surface area (Å²) in [6, 6.07) is 9.70. The lowest BCUT2D eigenvalue weighted by molar-refractivity contribution is -0.141. The number of nitrogens with two attached hydrogens (primary N) is 1. The molecule has 0 radical (unpaired) electrons. The molecule has 2 unspecified atom stereocenters. The van der Waals surface area contributed by atoms with Crippen LogP contribution in [0.3, 0.4) is 0 Å². The molecule has 2 aromatic rings. The lowest BCUT2D eigenvalue weighted by atomic mass is 9.88. The molecule has 1 heterocycles. The van der Waals surface area contributed by atoms with E-state index in [9.17, 15) is 4.79 Å². The van der Waals surface area contributed by atoms with Gasteiger partial charge in [0.15, 0.2) is 0 Å². The zero-order chi connectivity index (χ0) is 13.8. The quantitative estimate of drug-likeness (QED) is 0.854. The zero-order valence-corrected chi connectivity index (χ0v) is 11.2. The van der Waals surface area contributed by atoms with Crippen LogP contribution in [0.5, 0.6) is 0 Å². The van der Waals surface area contributed by atoms with Crippen LogP contribution in [0.1, 0.15) is 24.8 Å². The highest BCUT2D eigenvalue weighted by atomic mass is 16.5. The third-order valence-electron chi connectivity index (χ3n) is 3.31. The first kappa shape index (κ1) is 13.5. The van der Waals surface area contributed by atoms with Crippen molar-refractivity contribution in [2.24, 2.45) is 5.73 Å². The molecule has 1 aromatic heterocycles. The summed E-state index contributed by atoms with van der Waals surface area (Å²) in [5, 5.41) is 1.05. The van der Waals surface area contributed by atoms with Crippen molar-refractivity contribution in [3.8, 4) is 0 Å². The van der Waals surface area contributed by atoms with E-state index < -0.39 is 0 Å². The van der Waals surface area contributed by atoms with Gasteiger partial charge in [-0.3, -0.25) is 9.78 Å². The summed E-state index contributed by atoms with van der Waals surface area (Å²) in [6.45, 7) is 1.90. The molecule has 100 valence electrons. The van der Waals surface area contributed by atoms with Crippen LogP contribution >= 0.6 is 0 Å². The summed E-state index contributed by atoms with van der Waals surface area (Å²) in [4.78, 5) is 15.9. The van der Waals surface area contributed by atoms with Crippen LogP contribution in [-0.4, -0.2) is 24.1 Å². The fraction of sp³-hybridized carbons (Fsp3) is 0.333. The number of ether oxygens (including phenoxy) is 1. The van der Waals surface area contributed by atoms with Gasteiger partial charge in [-0.1, -0.05) is 24.3 Å². The number of para-hydroxylation sites is 1. The van der Waals surface area contributed by atoms with Crippen LogP contribution in [0.4, 0.5) is 0 Å². The Morgan fingerprint density at radius 2 is 2.11 bits per heavy atom. The fourth-order valence-corrected chi connectivity index (χ4v) is 2.27. The minimum Gasteiger partial charge on any atom is -0.469 e. The van der Waals surface area contributed by atoms with Crippen molar-refractivity contribution in [2.75, 3.05) is 7.11 Å². The van der Waals surface area contributed by atoms with Crippen molar-refractivity contribution < 1.29 is 9.53 Å². The average molecular weight is 258 g/mol. The summed E-state index contributed by atoms with van der Waals surface area (Å²) < 4.78 is 4.75. The van der Waals surface area contributed by atoms with E-state index >= 15 is 0 Å². The number of benzene rings is 1. The van der Waals surface area contributed by atoms with Gasteiger partial charge in [0.1, 0.15) is 0 Å². The number of carbonyl (C=O) groups excluding carboxylic acids is 1. The summed E-state index contributed by atoms with van der Waals surface area (Å²) >= 11 is 0. The molecule has 0 spiro atoms. The van der Waals surface area contributed by atoms with E-state index in [1.165, 1.54) is 7.11 Å². The van der Waals surface area contributed by atoms with Gasteiger partial charge in [0.05, 0.1) is 19.0 Å². The third kappa shape index (κ3) is 2.90. The molecule has 0 fully saturated rings. The van der Waals surface area contributed by atoms with Crippen molar-refractivity contribution in [1.82, 2.24) is 4.98 Å². The molecule has 4 nitrogen and oxygen atoms in total. The molecule has 2 atom stereocenters. The van der Waals surface area contributed by atoms with Gasteiger partial charge >= 0.3 is 5.97 Å². The van der Waals surface area contributed by atoms with Gasteiger partial charge in [-0.15, -0.1) is 0 Å². The Bertz CT molecular complexity index is 576. The van der Waals surface area contributed by atoms with Crippen LogP contribution in [0.15, 0.2) is 36.5 Å². The van der Waals surface area contributed by atoms with Gasteiger partial charge < -0.3 is 10.5 Å². The smallest absolute Gasteiger partial charge is 0.306 e. The first-order valence-electron chi connectivity index (χ1n) is 6.29. The highest BCUT2D eigenvalue weighted by molar-refractivity contribution is 5.83. The van der Waals surface area contributed by atoms with Crippen molar-refractivity contribution in [2.45, 2.75) is 25.3 Å². The first-order chi connectivity index (χ1) is 9.13. The normalized spacial score (nSPS) is 14.1. The van der Waals surface area contributed by atoms with E-state index in [1.807, 2.05) is 37.3 Å². The predicted molar refractivity (Wildman–Crippen MR) is 74.8 cm³/mol. The number of pyridine rings is 1. The zero-order valence-electron chi connectivity index (χ0n) is 11.2. The van der Waals surface area contributed by atoms with Crippen molar-refractivity contribution >= 4 is 16.9 Å². The van der Waals surface area contributed by atoms with Crippen LogP contribution < -0.4 is 5.73 Å². The maximum absolute atomic E-state index is 11.5. The molecule has 1 aromatic carbocycles. The van der Waals surface area contributed by atoms with E-state index in [1.54, 1.807) is 6.20 Å². The molecule has 0 aliphatic carbocycles. The minimum absolute atomic E-state index is 0.0916. The van der Waals surface area contributed by atoms with Crippen LogP contribution in [0.25, 0.3) is 10.9 Å². The number of fused-ring (bicyclic) bond motifs is 1. The Balaban J connectivity index is 2.47. The fourth-order valence-electron chi connectivity index (χ4n) is 2.27. The highest BCUT2D eigenvalue weighted by Crippen LogP contribution is 2.28. The molecular weight excluding hydrogens is 240 g/mol. The number of aromatic nitrogens is 1. The van der Waals surface area contributed by atoms with E-state index in [2.05, 4.69) is 4.98 Å². The maximum Gasteiger partial charge on any atom is 0.306 e. The molecule has 0 aliphatic heterocycles. The first-order valence-corrected chi connectivity index (χ1v) is 6.29. The van der Waals surface area contributed by atoms with E-state index in [0.717, 1.165) is 16.5 Å². The molecule has 2 rings (SSSR count). The average Bonchev–Trinajstić information content (AvgIpc) is 2.43. The van der Waals surface area contributed by atoms with Crippen molar-refractivity contribution in [3.63, 3.8) is 0 Å². The minimum atomic E-state index is -0.254. The van der Waals surface area contributed by atoms with Crippen LogP contribution in [0.2, 0.25) is 0 Å². The van der Waals surface area contributed by atoms with Crippen molar-refractivity contribution in [1.29, 1.82) is 0 Å². The van der Waals surface area contributed by atoms with E-state index in [0.29, 0.717) is 0 Å². The maximum atomic E-state index is 11.5. The number of carbonyl (C=O) groups is 1. The Kier molecular flexibility index (Phi) is 4.12. The lowest BCUT2D eigenvalue weighted by Gasteiger charge is -2.21. The van der Waals surface area contributed by atoms with Crippen LogP contribution in [-0.2, 0) is 9.53 Å². The number of esters is 1. The molecule has 0 saturated heterocycles. The second-order valence-electron chi connectivity index (χ2n) is 4.67. The second kappa shape index (κ2) is 5.80. The van der Waals surface area contributed by atoms with Gasteiger partial charge in [-0.2, -0.15) is 0 Å². The molecule has 0 aliphatic rings. The molecule has 2 N–H and O–H groups in total. The molecule has 4 heteroatoms. The number of methoxy groups -OCH3 is 1. The predicted octanol–water partition coefficient (Wildman–Crippen LogP) is 2.23. The van der Waals surface area contributed by atoms with E-state index in [-0.39, 0.29) is 24.3 Å². The van der Waals surface area contributed by atoms with Gasteiger partial charge in [-0.25, -0.2) is 0 Å². The second-order valence-corrected chi connectivity index (χ2v) is 4.67. The number of hydrogen-bond donors (Lipinski definition) is 1. The SMILES string of the molecule is COC(=O)CC(c1cccc2cccnc12)C(C)N. The Morgan fingerprint density at radius 3 is 2.79 bits per heavy atom. The molecule has 19 heavy (non-hydrogen) atoms. The molecular formula is C15H18N2O2. The standard InChI is InChI=1S/C15H18N2O2/c1-10(16)13(9-14(18)19-2)12-7-3-5-11-6-4-8-17-15(11)12/h3-8,10,13H,9,16H2,1-2H3. The summed E-state index contributed by atoms with van der Waals surface area (Å²) in [7, 11) is 1.39. The third-order valence-corrected chi connectivity index (χ3v) is 3.31. The monoisotopic (exact) mass is 258 g/mol. The number of nitrogens with zero attached hydrogens (tertiary/aromatic N) is 1. The number of rotatable bonds is 4. The Morgan fingerprint density at radius 1 is 1.37 bits per heavy atom. The Labute approximate surface area is 112 Å². The largest absolute Gasteiger partial charge is 0.469 e. The summed E-state index contributed by atoms with van der Waals surface area (Å²) in [5.41, 5.74) is 7.93. The summed E-state index contributed by atoms with van der Waals surface area (Å²) in [6.07, 6.45) is 2.02. The number of hydrogen-bond acceptors (Lipinski definition) is 4. The highest BCUT2D eigenvalue weighted by Gasteiger charge is 2.22. The van der Waals surface area contributed by atoms with Gasteiger partial charge in [-0.05, 0) is 18.6 Å². The van der Waals surface area contributed by atoms with Gasteiger partial charge in [0, 0.05) is 23.5 Å². The molecule has 0 saturated carbocycles. The Hall–Kier alpha value is -1.94. The lowest BCUT2D eigenvalue weighted by Crippen LogP contribution is -2.27. The van der Waals surface area contributed by atoms with Gasteiger partial charge in [0.2, 0.25) is 0 Å². The van der Waals surface area contributed by atoms with Crippen molar-refractivity contribution in [3.05, 3.63) is 42.1 Å².